The molecule has 0 fully saturated rings. The standard InChI is InChI=1S/C19H17F2N3O/c1-11-6-4-5-7-13(11)19(25)22-18-9-16(20)14(8-17(18)21)15-10-24(3)23-12(15)2/h4-10H,1-3H3,(H,22,25). The zero-order valence-electron chi connectivity index (χ0n) is 14.1. The average molecular weight is 341 g/mol. The third-order valence-electron chi connectivity index (χ3n) is 4.00. The van der Waals surface area contributed by atoms with E-state index in [1.54, 1.807) is 51.4 Å². The van der Waals surface area contributed by atoms with Crippen molar-refractivity contribution in [3.63, 3.8) is 0 Å². The van der Waals surface area contributed by atoms with Gasteiger partial charge in [-0.3, -0.25) is 9.48 Å². The molecule has 0 saturated heterocycles. The predicted molar refractivity (Wildman–Crippen MR) is 92.4 cm³/mol. The molecule has 0 atom stereocenters. The molecule has 2 aromatic carbocycles. The summed E-state index contributed by atoms with van der Waals surface area (Å²) in [5.41, 5.74) is 2.18. The molecule has 3 rings (SSSR count). The molecule has 0 aliphatic heterocycles. The number of benzene rings is 2. The van der Waals surface area contributed by atoms with Gasteiger partial charge in [0.2, 0.25) is 0 Å². The predicted octanol–water partition coefficient (Wildman–Crippen LogP) is 4.23. The number of nitrogens with zero attached hydrogens (tertiary/aromatic N) is 2. The highest BCUT2D eigenvalue weighted by molar-refractivity contribution is 6.05. The van der Waals surface area contributed by atoms with Gasteiger partial charge in [0.1, 0.15) is 11.6 Å². The lowest BCUT2D eigenvalue weighted by Crippen LogP contribution is -2.14. The SMILES string of the molecule is Cc1ccccc1C(=O)Nc1cc(F)c(-c2cn(C)nc2C)cc1F. The molecule has 1 amide bonds. The van der Waals surface area contributed by atoms with E-state index in [1.807, 2.05) is 0 Å². The van der Waals surface area contributed by atoms with Crippen LogP contribution in [0.2, 0.25) is 0 Å². The van der Waals surface area contributed by atoms with Crippen LogP contribution in [-0.4, -0.2) is 15.7 Å². The van der Waals surface area contributed by atoms with Gasteiger partial charge in [0.15, 0.2) is 0 Å². The highest BCUT2D eigenvalue weighted by atomic mass is 19.1. The Morgan fingerprint density at radius 1 is 1.08 bits per heavy atom. The first-order valence-electron chi connectivity index (χ1n) is 7.73. The van der Waals surface area contributed by atoms with Gasteiger partial charge in [-0.1, -0.05) is 18.2 Å². The van der Waals surface area contributed by atoms with Crippen LogP contribution in [0.5, 0.6) is 0 Å². The van der Waals surface area contributed by atoms with Crippen molar-refractivity contribution in [1.29, 1.82) is 0 Å². The molecule has 3 aromatic rings. The summed E-state index contributed by atoms with van der Waals surface area (Å²) in [6, 6.07) is 9.00. The number of aromatic nitrogens is 2. The number of halogens is 2. The summed E-state index contributed by atoms with van der Waals surface area (Å²) in [4.78, 5) is 12.3. The smallest absolute Gasteiger partial charge is 0.256 e. The normalized spacial score (nSPS) is 10.8. The zero-order chi connectivity index (χ0) is 18.1. The number of rotatable bonds is 3. The topological polar surface area (TPSA) is 46.9 Å². The minimum absolute atomic E-state index is 0.108. The largest absolute Gasteiger partial charge is 0.319 e. The maximum Gasteiger partial charge on any atom is 0.256 e. The lowest BCUT2D eigenvalue weighted by atomic mass is 10.0. The van der Waals surface area contributed by atoms with Gasteiger partial charge in [-0.25, -0.2) is 8.78 Å². The molecule has 0 aliphatic carbocycles. The van der Waals surface area contributed by atoms with Gasteiger partial charge >= 0.3 is 0 Å². The van der Waals surface area contributed by atoms with E-state index in [9.17, 15) is 13.6 Å². The lowest BCUT2D eigenvalue weighted by molar-refractivity contribution is 0.102. The van der Waals surface area contributed by atoms with E-state index >= 15 is 0 Å². The molecule has 1 N–H and O–H groups in total. The molecule has 0 radical (unpaired) electrons. The summed E-state index contributed by atoms with van der Waals surface area (Å²) in [5, 5.41) is 6.57. The third kappa shape index (κ3) is 3.28. The first-order valence-corrected chi connectivity index (χ1v) is 7.73. The Hall–Kier alpha value is -3.02. The van der Waals surface area contributed by atoms with Gasteiger partial charge in [-0.15, -0.1) is 0 Å². The number of nitrogens with one attached hydrogen (secondary N) is 1. The van der Waals surface area contributed by atoms with E-state index in [1.165, 1.54) is 4.68 Å². The van der Waals surface area contributed by atoms with Crippen molar-refractivity contribution in [3.8, 4) is 11.1 Å². The summed E-state index contributed by atoms with van der Waals surface area (Å²) in [5.74, 6) is -1.82. The molecular formula is C19H17F2N3O. The maximum atomic E-state index is 14.5. The van der Waals surface area contributed by atoms with Crippen LogP contribution < -0.4 is 5.32 Å². The highest BCUT2D eigenvalue weighted by Crippen LogP contribution is 2.30. The molecule has 0 aliphatic rings. The molecule has 128 valence electrons. The Kier molecular flexibility index (Phi) is 4.35. The first-order chi connectivity index (χ1) is 11.9. The van der Waals surface area contributed by atoms with Crippen LogP contribution in [0.15, 0.2) is 42.6 Å². The third-order valence-corrected chi connectivity index (χ3v) is 4.00. The Bertz CT molecular complexity index is 963. The van der Waals surface area contributed by atoms with Crippen molar-refractivity contribution < 1.29 is 13.6 Å². The summed E-state index contributed by atoms with van der Waals surface area (Å²) in [6.07, 6.45) is 1.62. The van der Waals surface area contributed by atoms with Gasteiger partial charge in [-0.05, 0) is 31.5 Å². The van der Waals surface area contributed by atoms with Crippen LogP contribution in [0, 0.1) is 25.5 Å². The fraction of sp³-hybridized carbons (Fsp3) is 0.158. The average Bonchev–Trinajstić information content (AvgIpc) is 2.89. The van der Waals surface area contributed by atoms with E-state index in [-0.39, 0.29) is 11.3 Å². The van der Waals surface area contributed by atoms with Crippen LogP contribution in [0.25, 0.3) is 11.1 Å². The Labute approximate surface area is 144 Å². The van der Waals surface area contributed by atoms with Gasteiger partial charge in [-0.2, -0.15) is 5.10 Å². The number of amides is 1. The second-order valence-electron chi connectivity index (χ2n) is 5.88. The van der Waals surface area contributed by atoms with Crippen molar-refractivity contribution >= 4 is 11.6 Å². The summed E-state index contributed by atoms with van der Waals surface area (Å²) in [6.45, 7) is 3.50. The molecule has 0 unspecified atom stereocenters. The van der Waals surface area contributed by atoms with E-state index in [2.05, 4.69) is 10.4 Å². The van der Waals surface area contributed by atoms with Crippen LogP contribution in [0.4, 0.5) is 14.5 Å². The van der Waals surface area contributed by atoms with Crippen molar-refractivity contribution in [2.75, 3.05) is 5.32 Å². The number of anilines is 1. The van der Waals surface area contributed by atoms with E-state index in [0.717, 1.165) is 17.7 Å². The number of hydrogen-bond donors (Lipinski definition) is 1. The monoisotopic (exact) mass is 341 g/mol. The minimum Gasteiger partial charge on any atom is -0.319 e. The molecule has 4 nitrogen and oxygen atoms in total. The molecule has 0 spiro atoms. The maximum absolute atomic E-state index is 14.5. The van der Waals surface area contributed by atoms with E-state index in [0.29, 0.717) is 16.8 Å². The molecule has 1 heterocycles. The first kappa shape index (κ1) is 16.8. The molecular weight excluding hydrogens is 324 g/mol. The second-order valence-corrected chi connectivity index (χ2v) is 5.88. The Morgan fingerprint density at radius 3 is 2.44 bits per heavy atom. The van der Waals surface area contributed by atoms with Crippen molar-refractivity contribution in [1.82, 2.24) is 9.78 Å². The zero-order valence-corrected chi connectivity index (χ0v) is 14.1. The molecule has 0 bridgehead atoms. The van der Waals surface area contributed by atoms with Crippen molar-refractivity contribution in [2.45, 2.75) is 13.8 Å². The van der Waals surface area contributed by atoms with Crippen LogP contribution in [-0.2, 0) is 7.05 Å². The van der Waals surface area contributed by atoms with Gasteiger partial charge in [0.25, 0.3) is 5.91 Å². The van der Waals surface area contributed by atoms with E-state index < -0.39 is 17.5 Å². The number of carbonyl (C=O) groups excluding carboxylic acids is 1. The number of aryl methyl sites for hydroxylation is 3. The molecule has 6 heteroatoms. The molecule has 0 saturated carbocycles. The van der Waals surface area contributed by atoms with Crippen LogP contribution in [0.3, 0.4) is 0 Å². The fourth-order valence-electron chi connectivity index (χ4n) is 2.73. The number of hydrogen-bond acceptors (Lipinski definition) is 2. The van der Waals surface area contributed by atoms with Gasteiger partial charge in [0.05, 0.1) is 11.4 Å². The minimum atomic E-state index is -0.707. The Morgan fingerprint density at radius 2 is 1.80 bits per heavy atom. The van der Waals surface area contributed by atoms with Crippen molar-refractivity contribution in [2.24, 2.45) is 7.05 Å². The lowest BCUT2D eigenvalue weighted by Gasteiger charge is -2.10. The molecule has 25 heavy (non-hydrogen) atoms. The van der Waals surface area contributed by atoms with Crippen LogP contribution >= 0.6 is 0 Å². The van der Waals surface area contributed by atoms with Gasteiger partial charge in [0, 0.05) is 36.0 Å². The summed E-state index contributed by atoms with van der Waals surface area (Å²) < 4.78 is 30.4. The Balaban J connectivity index is 1.94. The van der Waals surface area contributed by atoms with E-state index in [4.69, 9.17) is 0 Å². The van der Waals surface area contributed by atoms with Gasteiger partial charge < -0.3 is 5.32 Å². The second kappa shape index (κ2) is 6.47. The summed E-state index contributed by atoms with van der Waals surface area (Å²) in [7, 11) is 1.71. The number of carbonyl (C=O) groups is 1. The highest BCUT2D eigenvalue weighted by Gasteiger charge is 2.17. The van der Waals surface area contributed by atoms with Crippen LogP contribution in [0.1, 0.15) is 21.6 Å². The summed E-state index contributed by atoms with van der Waals surface area (Å²) >= 11 is 0. The molecule has 1 aromatic heterocycles. The fourth-order valence-corrected chi connectivity index (χ4v) is 2.73. The van der Waals surface area contributed by atoms with Crippen molar-refractivity contribution in [3.05, 3.63) is 71.1 Å². The quantitative estimate of drug-likeness (QED) is 0.775.